The molecule has 3 rings (SSSR count). The van der Waals surface area contributed by atoms with Gasteiger partial charge in [0.1, 0.15) is 0 Å². The third-order valence-electron chi connectivity index (χ3n) is 3.48. The van der Waals surface area contributed by atoms with E-state index in [-0.39, 0.29) is 11.9 Å². The van der Waals surface area contributed by atoms with Crippen molar-refractivity contribution < 1.29 is 4.79 Å². The lowest BCUT2D eigenvalue weighted by Gasteiger charge is -2.13. The van der Waals surface area contributed by atoms with Crippen LogP contribution >= 0.6 is 0 Å². The molecule has 0 bridgehead atoms. The Morgan fingerprint density at radius 2 is 2.26 bits per heavy atom. The number of nitrogens with one attached hydrogen (secondary N) is 2. The standard InChI is InChI=1S/C15H17N3O/c1-10-8-13(12-4-2-3-5-14(12)17-10)15(19)18-11-6-7-16-9-11/h2-5,8,11,16H,6-7,9H2,1H3,(H,18,19)/t11-/m1/s1. The Balaban J connectivity index is 1.96. The maximum absolute atomic E-state index is 12.4. The van der Waals surface area contributed by atoms with Crippen molar-refractivity contribution in [2.75, 3.05) is 13.1 Å². The van der Waals surface area contributed by atoms with E-state index in [0.29, 0.717) is 0 Å². The van der Waals surface area contributed by atoms with E-state index in [2.05, 4.69) is 15.6 Å². The largest absolute Gasteiger partial charge is 0.348 e. The number of hydrogen-bond donors (Lipinski definition) is 2. The summed E-state index contributed by atoms with van der Waals surface area (Å²) in [4.78, 5) is 16.9. The number of aromatic nitrogens is 1. The zero-order chi connectivity index (χ0) is 13.2. The molecule has 4 heteroatoms. The molecule has 1 aliphatic rings. The SMILES string of the molecule is Cc1cc(C(=O)N[C@@H]2CCNC2)c2ccccc2n1. The Labute approximate surface area is 112 Å². The molecule has 19 heavy (non-hydrogen) atoms. The molecule has 1 aromatic heterocycles. The van der Waals surface area contributed by atoms with Gasteiger partial charge in [0.25, 0.3) is 5.91 Å². The number of carbonyl (C=O) groups is 1. The molecule has 4 nitrogen and oxygen atoms in total. The molecule has 0 radical (unpaired) electrons. The van der Waals surface area contributed by atoms with Gasteiger partial charge >= 0.3 is 0 Å². The highest BCUT2D eigenvalue weighted by molar-refractivity contribution is 6.06. The number of rotatable bonds is 2. The first-order valence-corrected chi connectivity index (χ1v) is 6.62. The molecular formula is C15H17N3O. The van der Waals surface area contributed by atoms with E-state index >= 15 is 0 Å². The molecule has 2 heterocycles. The minimum atomic E-state index is -0.00426. The summed E-state index contributed by atoms with van der Waals surface area (Å²) in [6.45, 7) is 3.75. The topological polar surface area (TPSA) is 54.0 Å². The Kier molecular flexibility index (Phi) is 3.17. The lowest BCUT2D eigenvalue weighted by atomic mass is 10.1. The maximum Gasteiger partial charge on any atom is 0.252 e. The van der Waals surface area contributed by atoms with Crippen LogP contribution in [0.5, 0.6) is 0 Å². The zero-order valence-electron chi connectivity index (χ0n) is 10.9. The third-order valence-corrected chi connectivity index (χ3v) is 3.48. The van der Waals surface area contributed by atoms with Crippen LogP contribution < -0.4 is 10.6 Å². The molecule has 1 fully saturated rings. The number of nitrogens with zero attached hydrogens (tertiary/aromatic N) is 1. The van der Waals surface area contributed by atoms with Gasteiger partial charge in [0.2, 0.25) is 0 Å². The fourth-order valence-electron chi connectivity index (χ4n) is 2.54. The Morgan fingerprint density at radius 1 is 1.42 bits per heavy atom. The number of hydrogen-bond acceptors (Lipinski definition) is 3. The van der Waals surface area contributed by atoms with Crippen molar-refractivity contribution in [2.45, 2.75) is 19.4 Å². The van der Waals surface area contributed by atoms with Crippen LogP contribution in [-0.4, -0.2) is 30.0 Å². The van der Waals surface area contributed by atoms with Gasteiger partial charge < -0.3 is 10.6 Å². The molecule has 1 amide bonds. The first-order chi connectivity index (χ1) is 9.24. The van der Waals surface area contributed by atoms with Gasteiger partial charge in [-0.05, 0) is 32.0 Å². The van der Waals surface area contributed by atoms with Gasteiger partial charge in [0, 0.05) is 23.7 Å². The van der Waals surface area contributed by atoms with Crippen LogP contribution in [0.3, 0.4) is 0 Å². The fraction of sp³-hybridized carbons (Fsp3) is 0.333. The van der Waals surface area contributed by atoms with Crippen molar-refractivity contribution in [3.63, 3.8) is 0 Å². The number of para-hydroxylation sites is 1. The highest BCUT2D eigenvalue weighted by atomic mass is 16.1. The van der Waals surface area contributed by atoms with Crippen molar-refractivity contribution in [3.05, 3.63) is 41.6 Å². The summed E-state index contributed by atoms with van der Waals surface area (Å²) in [5.74, 6) is -0.00426. The van der Waals surface area contributed by atoms with Crippen LogP contribution in [0.15, 0.2) is 30.3 Å². The monoisotopic (exact) mass is 255 g/mol. The number of amides is 1. The molecular weight excluding hydrogens is 238 g/mol. The molecule has 1 aromatic carbocycles. The van der Waals surface area contributed by atoms with Crippen LogP contribution in [0.25, 0.3) is 10.9 Å². The third kappa shape index (κ3) is 2.44. The average molecular weight is 255 g/mol. The van der Waals surface area contributed by atoms with Crippen LogP contribution in [0, 0.1) is 6.92 Å². The van der Waals surface area contributed by atoms with E-state index < -0.39 is 0 Å². The highest BCUT2D eigenvalue weighted by Gasteiger charge is 2.19. The van der Waals surface area contributed by atoms with Crippen LogP contribution in [0.4, 0.5) is 0 Å². The Morgan fingerprint density at radius 3 is 3.05 bits per heavy atom. The van der Waals surface area contributed by atoms with Gasteiger partial charge in [-0.1, -0.05) is 18.2 Å². The summed E-state index contributed by atoms with van der Waals surface area (Å²) in [7, 11) is 0. The van der Waals surface area contributed by atoms with Crippen molar-refractivity contribution in [3.8, 4) is 0 Å². The molecule has 1 aliphatic heterocycles. The normalized spacial score (nSPS) is 18.7. The van der Waals surface area contributed by atoms with E-state index in [9.17, 15) is 4.79 Å². The smallest absolute Gasteiger partial charge is 0.252 e. The van der Waals surface area contributed by atoms with Crippen molar-refractivity contribution in [1.82, 2.24) is 15.6 Å². The minimum absolute atomic E-state index is 0.00426. The molecule has 98 valence electrons. The lowest BCUT2D eigenvalue weighted by Crippen LogP contribution is -2.36. The first kappa shape index (κ1) is 12.1. The second-order valence-electron chi connectivity index (χ2n) is 4.99. The Hall–Kier alpha value is -1.94. The van der Waals surface area contributed by atoms with Crippen LogP contribution in [0.1, 0.15) is 22.5 Å². The number of pyridine rings is 1. The molecule has 2 N–H and O–H groups in total. The van der Waals surface area contributed by atoms with Gasteiger partial charge in [0.15, 0.2) is 0 Å². The van der Waals surface area contributed by atoms with Crippen LogP contribution in [-0.2, 0) is 0 Å². The average Bonchev–Trinajstić information content (AvgIpc) is 2.90. The summed E-state index contributed by atoms with van der Waals surface area (Å²) < 4.78 is 0. The van der Waals surface area contributed by atoms with Gasteiger partial charge in [0.05, 0.1) is 11.1 Å². The summed E-state index contributed by atoms with van der Waals surface area (Å²) in [5.41, 5.74) is 2.46. The van der Waals surface area contributed by atoms with Crippen molar-refractivity contribution in [1.29, 1.82) is 0 Å². The summed E-state index contributed by atoms with van der Waals surface area (Å²) in [6, 6.07) is 9.87. The highest BCUT2D eigenvalue weighted by Crippen LogP contribution is 2.18. The molecule has 1 saturated heterocycles. The first-order valence-electron chi connectivity index (χ1n) is 6.62. The van der Waals surface area contributed by atoms with Crippen molar-refractivity contribution in [2.24, 2.45) is 0 Å². The molecule has 0 aliphatic carbocycles. The van der Waals surface area contributed by atoms with Gasteiger partial charge in [-0.15, -0.1) is 0 Å². The minimum Gasteiger partial charge on any atom is -0.348 e. The predicted molar refractivity (Wildman–Crippen MR) is 75.2 cm³/mol. The van der Waals surface area contributed by atoms with Gasteiger partial charge in [-0.2, -0.15) is 0 Å². The molecule has 2 aromatic rings. The number of fused-ring (bicyclic) bond motifs is 1. The molecule has 0 unspecified atom stereocenters. The van der Waals surface area contributed by atoms with E-state index in [1.807, 2.05) is 37.3 Å². The van der Waals surface area contributed by atoms with Gasteiger partial charge in [-0.3, -0.25) is 9.78 Å². The van der Waals surface area contributed by atoms with Crippen LogP contribution in [0.2, 0.25) is 0 Å². The van der Waals surface area contributed by atoms with E-state index in [0.717, 1.165) is 41.7 Å². The predicted octanol–water partition coefficient (Wildman–Crippen LogP) is 1.63. The summed E-state index contributed by atoms with van der Waals surface area (Å²) >= 11 is 0. The number of carbonyl (C=O) groups excluding carboxylic acids is 1. The maximum atomic E-state index is 12.4. The van der Waals surface area contributed by atoms with E-state index in [4.69, 9.17) is 0 Å². The summed E-state index contributed by atoms with van der Waals surface area (Å²) in [5, 5.41) is 7.25. The van der Waals surface area contributed by atoms with E-state index in [1.54, 1.807) is 0 Å². The number of aryl methyl sites for hydroxylation is 1. The van der Waals surface area contributed by atoms with E-state index in [1.165, 1.54) is 0 Å². The molecule has 1 atom stereocenters. The quantitative estimate of drug-likeness (QED) is 0.857. The van der Waals surface area contributed by atoms with Crippen molar-refractivity contribution >= 4 is 16.8 Å². The second-order valence-corrected chi connectivity index (χ2v) is 4.99. The molecule has 0 saturated carbocycles. The van der Waals surface area contributed by atoms with Gasteiger partial charge in [-0.25, -0.2) is 0 Å². The second kappa shape index (κ2) is 4.97. The fourth-order valence-corrected chi connectivity index (χ4v) is 2.54. The lowest BCUT2D eigenvalue weighted by molar-refractivity contribution is 0.0941. The summed E-state index contributed by atoms with van der Waals surface area (Å²) in [6.07, 6.45) is 0.994. The number of benzene rings is 1. The Bertz CT molecular complexity index is 618. The molecule has 0 spiro atoms. The zero-order valence-corrected chi connectivity index (χ0v) is 10.9.